The van der Waals surface area contributed by atoms with Crippen LogP contribution in [0.2, 0.25) is 0 Å². The number of anilines is 2. The Labute approximate surface area is 199 Å². The van der Waals surface area contributed by atoms with E-state index < -0.39 is 0 Å². The fourth-order valence-corrected chi connectivity index (χ4v) is 4.38. The second-order valence-electron chi connectivity index (χ2n) is 8.50. The Kier molecular flexibility index (Phi) is 7.27. The SMILES string of the molecule is COc1ccc(NC(=O)C2CCCN2CCC(=O)Nc2c(C)nn(-c3ccccc3)c2C)cc1. The predicted molar refractivity (Wildman–Crippen MR) is 133 cm³/mol. The van der Waals surface area contributed by atoms with Gasteiger partial charge in [0.05, 0.1) is 35.9 Å². The Morgan fingerprint density at radius 3 is 2.50 bits per heavy atom. The largest absolute Gasteiger partial charge is 0.497 e. The number of nitrogens with one attached hydrogen (secondary N) is 2. The van der Waals surface area contributed by atoms with Crippen LogP contribution in [0.25, 0.3) is 5.69 Å². The molecule has 0 aliphatic carbocycles. The van der Waals surface area contributed by atoms with Crippen molar-refractivity contribution in [1.29, 1.82) is 0 Å². The van der Waals surface area contributed by atoms with Gasteiger partial charge in [-0.25, -0.2) is 4.68 Å². The van der Waals surface area contributed by atoms with Crippen molar-refractivity contribution in [2.24, 2.45) is 0 Å². The summed E-state index contributed by atoms with van der Waals surface area (Å²) in [6.07, 6.45) is 2.03. The van der Waals surface area contributed by atoms with E-state index in [9.17, 15) is 9.59 Å². The summed E-state index contributed by atoms with van der Waals surface area (Å²) in [7, 11) is 1.61. The zero-order valence-corrected chi connectivity index (χ0v) is 19.9. The fourth-order valence-electron chi connectivity index (χ4n) is 4.38. The molecule has 0 saturated carbocycles. The number of para-hydroxylation sites is 1. The summed E-state index contributed by atoms with van der Waals surface area (Å²) in [6.45, 7) is 5.17. The molecule has 4 rings (SSSR count). The number of hydrogen-bond acceptors (Lipinski definition) is 5. The molecule has 8 heteroatoms. The highest BCUT2D eigenvalue weighted by molar-refractivity contribution is 5.95. The van der Waals surface area contributed by atoms with Crippen LogP contribution in [0.15, 0.2) is 54.6 Å². The van der Waals surface area contributed by atoms with Gasteiger partial charge in [0.2, 0.25) is 11.8 Å². The molecule has 34 heavy (non-hydrogen) atoms. The number of carbonyl (C=O) groups is 2. The zero-order valence-electron chi connectivity index (χ0n) is 19.9. The van der Waals surface area contributed by atoms with Crippen LogP contribution in [0.3, 0.4) is 0 Å². The summed E-state index contributed by atoms with van der Waals surface area (Å²) in [4.78, 5) is 27.7. The molecule has 1 atom stereocenters. The summed E-state index contributed by atoms with van der Waals surface area (Å²) < 4.78 is 7.00. The van der Waals surface area contributed by atoms with Crippen LogP contribution in [-0.2, 0) is 9.59 Å². The Morgan fingerprint density at radius 1 is 1.06 bits per heavy atom. The zero-order chi connectivity index (χ0) is 24.1. The van der Waals surface area contributed by atoms with Crippen LogP contribution in [0.1, 0.15) is 30.7 Å². The first-order valence-corrected chi connectivity index (χ1v) is 11.6. The number of benzene rings is 2. The molecule has 1 aliphatic rings. The lowest BCUT2D eigenvalue weighted by molar-refractivity contribution is -0.121. The number of likely N-dealkylation sites (tertiary alicyclic amines) is 1. The number of methoxy groups -OCH3 is 1. The lowest BCUT2D eigenvalue weighted by atomic mass is 10.2. The summed E-state index contributed by atoms with van der Waals surface area (Å²) in [6, 6.07) is 16.9. The molecule has 3 aromatic rings. The van der Waals surface area contributed by atoms with Gasteiger partial charge in [-0.1, -0.05) is 18.2 Å². The molecule has 2 N–H and O–H groups in total. The molecule has 1 saturated heterocycles. The molecule has 2 aromatic carbocycles. The molecule has 1 aliphatic heterocycles. The summed E-state index contributed by atoms with van der Waals surface area (Å²) in [5, 5.41) is 10.6. The van der Waals surface area contributed by atoms with Crippen molar-refractivity contribution in [3.05, 3.63) is 66.0 Å². The van der Waals surface area contributed by atoms with Gasteiger partial charge < -0.3 is 15.4 Å². The molecule has 0 bridgehead atoms. The van der Waals surface area contributed by atoms with Crippen molar-refractivity contribution >= 4 is 23.2 Å². The monoisotopic (exact) mass is 461 g/mol. The van der Waals surface area contributed by atoms with E-state index in [1.807, 2.05) is 73.1 Å². The van der Waals surface area contributed by atoms with E-state index in [4.69, 9.17) is 4.74 Å². The number of aromatic nitrogens is 2. The number of nitrogens with zero attached hydrogens (tertiary/aromatic N) is 3. The first-order chi connectivity index (χ1) is 16.5. The number of amides is 2. The minimum Gasteiger partial charge on any atom is -0.497 e. The highest BCUT2D eigenvalue weighted by Gasteiger charge is 2.31. The van der Waals surface area contributed by atoms with Crippen LogP contribution in [0.4, 0.5) is 11.4 Å². The third kappa shape index (κ3) is 5.28. The van der Waals surface area contributed by atoms with Crippen molar-refractivity contribution in [2.75, 3.05) is 30.8 Å². The number of aryl methyl sites for hydroxylation is 1. The van der Waals surface area contributed by atoms with Crippen molar-refractivity contribution in [3.8, 4) is 11.4 Å². The highest BCUT2D eigenvalue weighted by atomic mass is 16.5. The van der Waals surface area contributed by atoms with E-state index in [1.165, 1.54) is 0 Å². The average molecular weight is 462 g/mol. The van der Waals surface area contributed by atoms with Gasteiger partial charge in [-0.3, -0.25) is 14.5 Å². The first-order valence-electron chi connectivity index (χ1n) is 11.6. The van der Waals surface area contributed by atoms with Gasteiger partial charge in [-0.05, 0) is 69.6 Å². The normalized spacial score (nSPS) is 15.8. The second-order valence-corrected chi connectivity index (χ2v) is 8.50. The Balaban J connectivity index is 1.33. The summed E-state index contributed by atoms with van der Waals surface area (Å²) in [5.74, 6) is 0.616. The molecule has 8 nitrogen and oxygen atoms in total. The minimum atomic E-state index is -0.237. The molecule has 0 radical (unpaired) electrons. The van der Waals surface area contributed by atoms with Crippen LogP contribution in [0, 0.1) is 13.8 Å². The number of rotatable bonds is 8. The van der Waals surface area contributed by atoms with Crippen LogP contribution >= 0.6 is 0 Å². The van der Waals surface area contributed by atoms with Gasteiger partial charge in [0, 0.05) is 18.7 Å². The van der Waals surface area contributed by atoms with E-state index in [0.717, 1.165) is 53.6 Å². The Bertz CT molecular complexity index is 1140. The quantitative estimate of drug-likeness (QED) is 0.531. The summed E-state index contributed by atoms with van der Waals surface area (Å²) in [5.41, 5.74) is 4.08. The van der Waals surface area contributed by atoms with E-state index >= 15 is 0 Å². The van der Waals surface area contributed by atoms with Gasteiger partial charge >= 0.3 is 0 Å². The predicted octanol–water partition coefficient (Wildman–Crippen LogP) is 3.93. The van der Waals surface area contributed by atoms with Gasteiger partial charge in [0.15, 0.2) is 0 Å². The molecule has 1 unspecified atom stereocenters. The third-order valence-corrected chi connectivity index (χ3v) is 6.21. The highest BCUT2D eigenvalue weighted by Crippen LogP contribution is 2.24. The molecule has 1 fully saturated rings. The number of carbonyl (C=O) groups excluding carboxylic acids is 2. The fraction of sp³-hybridized carbons (Fsp3) is 0.346. The molecule has 2 amide bonds. The standard InChI is InChI=1S/C26H31N5O3/c1-18-25(19(2)31(29-18)21-8-5-4-6-9-21)28-24(32)15-17-30-16-7-10-23(30)26(33)27-20-11-13-22(34-3)14-12-20/h4-6,8-9,11-14,23H,7,10,15-17H2,1-3H3,(H,27,33)(H,28,32). The maximum atomic E-state index is 12.8. The molecular formula is C26H31N5O3. The van der Waals surface area contributed by atoms with Crippen molar-refractivity contribution in [1.82, 2.24) is 14.7 Å². The molecule has 1 aromatic heterocycles. The molecule has 178 valence electrons. The van der Waals surface area contributed by atoms with Crippen LogP contribution in [0.5, 0.6) is 5.75 Å². The van der Waals surface area contributed by atoms with E-state index in [2.05, 4.69) is 20.6 Å². The van der Waals surface area contributed by atoms with Gasteiger partial charge in [-0.2, -0.15) is 5.10 Å². The average Bonchev–Trinajstić information content (AvgIpc) is 3.44. The minimum absolute atomic E-state index is 0.0427. The lowest BCUT2D eigenvalue weighted by Gasteiger charge is -2.23. The first kappa shape index (κ1) is 23.5. The van der Waals surface area contributed by atoms with Crippen LogP contribution in [-0.4, -0.2) is 52.7 Å². The molecule has 2 heterocycles. The lowest BCUT2D eigenvalue weighted by Crippen LogP contribution is -2.40. The van der Waals surface area contributed by atoms with Crippen LogP contribution < -0.4 is 15.4 Å². The number of ether oxygens (including phenoxy) is 1. The Hall–Kier alpha value is -3.65. The number of hydrogen-bond donors (Lipinski definition) is 2. The van der Waals surface area contributed by atoms with E-state index in [1.54, 1.807) is 7.11 Å². The smallest absolute Gasteiger partial charge is 0.241 e. The van der Waals surface area contributed by atoms with Gasteiger partial charge in [-0.15, -0.1) is 0 Å². The third-order valence-electron chi connectivity index (χ3n) is 6.21. The van der Waals surface area contributed by atoms with E-state index in [-0.39, 0.29) is 17.9 Å². The van der Waals surface area contributed by atoms with Crippen molar-refractivity contribution in [3.63, 3.8) is 0 Å². The molecular weight excluding hydrogens is 430 g/mol. The Morgan fingerprint density at radius 2 is 1.79 bits per heavy atom. The second kappa shape index (κ2) is 10.5. The maximum Gasteiger partial charge on any atom is 0.241 e. The van der Waals surface area contributed by atoms with Gasteiger partial charge in [0.25, 0.3) is 0 Å². The van der Waals surface area contributed by atoms with E-state index in [0.29, 0.717) is 13.0 Å². The topological polar surface area (TPSA) is 88.5 Å². The van der Waals surface area contributed by atoms with Crippen molar-refractivity contribution in [2.45, 2.75) is 39.2 Å². The van der Waals surface area contributed by atoms with Crippen molar-refractivity contribution < 1.29 is 14.3 Å². The summed E-state index contributed by atoms with van der Waals surface area (Å²) >= 11 is 0. The molecule has 0 spiro atoms. The maximum absolute atomic E-state index is 12.8. The van der Waals surface area contributed by atoms with Gasteiger partial charge in [0.1, 0.15) is 5.75 Å².